The first-order valence-corrected chi connectivity index (χ1v) is 12.8. The van der Waals surface area contributed by atoms with Gasteiger partial charge in [0, 0.05) is 12.1 Å². The number of nitrogens with one attached hydrogen (secondary N) is 1. The minimum absolute atomic E-state index is 0.0343. The second-order valence-corrected chi connectivity index (χ2v) is 11.1. The Morgan fingerprint density at radius 1 is 1.00 bits per heavy atom. The van der Waals surface area contributed by atoms with Crippen LogP contribution in [-0.2, 0) is 14.8 Å². The van der Waals surface area contributed by atoms with Crippen LogP contribution in [0.15, 0.2) is 41.3 Å². The van der Waals surface area contributed by atoms with Crippen LogP contribution in [-0.4, -0.2) is 41.1 Å². The summed E-state index contributed by atoms with van der Waals surface area (Å²) in [6.45, 7) is 3.54. The van der Waals surface area contributed by atoms with Crippen LogP contribution in [0.3, 0.4) is 0 Å². The fourth-order valence-electron chi connectivity index (χ4n) is 5.32. The highest BCUT2D eigenvalue weighted by Gasteiger charge is 2.40. The Bertz CT molecular complexity index is 1130. The van der Waals surface area contributed by atoms with Gasteiger partial charge >= 0.3 is 0 Å². The molecule has 33 heavy (non-hydrogen) atoms. The maximum Gasteiger partial charge on any atom is 0.264 e. The number of nitrogens with zero attached hydrogens (tertiary/aromatic N) is 1. The van der Waals surface area contributed by atoms with Crippen molar-refractivity contribution in [3.63, 3.8) is 0 Å². The van der Waals surface area contributed by atoms with Gasteiger partial charge in [-0.3, -0.25) is 9.10 Å². The van der Waals surface area contributed by atoms with Gasteiger partial charge in [-0.15, -0.1) is 0 Å². The van der Waals surface area contributed by atoms with Crippen molar-refractivity contribution >= 4 is 21.6 Å². The number of fused-ring (bicyclic) bond motifs is 2. The van der Waals surface area contributed by atoms with Gasteiger partial charge < -0.3 is 14.8 Å². The van der Waals surface area contributed by atoms with E-state index in [9.17, 15) is 13.2 Å². The smallest absolute Gasteiger partial charge is 0.264 e. The number of hydrogen-bond acceptors (Lipinski definition) is 5. The molecule has 0 heterocycles. The van der Waals surface area contributed by atoms with Crippen molar-refractivity contribution in [3.05, 3.63) is 47.5 Å². The highest BCUT2D eigenvalue weighted by atomic mass is 32.2. The number of sulfonamides is 1. The molecule has 0 spiro atoms. The first-order valence-electron chi connectivity index (χ1n) is 11.3. The first kappa shape index (κ1) is 23.4. The normalized spacial score (nSPS) is 21.6. The predicted molar refractivity (Wildman–Crippen MR) is 127 cm³/mol. The quantitative estimate of drug-likeness (QED) is 0.631. The van der Waals surface area contributed by atoms with Crippen molar-refractivity contribution in [2.45, 2.75) is 50.5 Å². The van der Waals surface area contributed by atoms with Crippen molar-refractivity contribution in [3.8, 4) is 11.5 Å². The molecule has 0 unspecified atom stereocenters. The molecule has 2 bridgehead atoms. The second-order valence-electron chi connectivity index (χ2n) is 9.22. The molecule has 2 aliphatic rings. The molecule has 0 aromatic heterocycles. The van der Waals surface area contributed by atoms with Crippen molar-refractivity contribution in [1.82, 2.24) is 5.32 Å². The van der Waals surface area contributed by atoms with E-state index in [-0.39, 0.29) is 23.4 Å². The zero-order chi connectivity index (χ0) is 23.8. The van der Waals surface area contributed by atoms with E-state index in [0.717, 1.165) is 30.4 Å². The molecule has 2 aromatic rings. The van der Waals surface area contributed by atoms with Crippen molar-refractivity contribution < 1.29 is 22.7 Å². The summed E-state index contributed by atoms with van der Waals surface area (Å²) in [5.74, 6) is 1.66. The van der Waals surface area contributed by atoms with Gasteiger partial charge in [-0.2, -0.15) is 0 Å². The lowest BCUT2D eigenvalue weighted by molar-refractivity contribution is -0.120. The van der Waals surface area contributed by atoms with E-state index >= 15 is 0 Å². The standard InChI is InChI=1S/C25H32N2O5S/c1-16-9-17(2)11-20(10-16)27(15-25(28)26-22-13-18-5-6-19(22)12-18)33(29,30)21-7-8-23(31-3)24(14-21)32-4/h7-11,14,18-19,22H,5-6,12-13,15H2,1-4H3,(H,26,28)/t18-,19+,22+/m0/s1. The lowest BCUT2D eigenvalue weighted by atomic mass is 9.95. The van der Waals surface area contributed by atoms with E-state index in [2.05, 4.69) is 5.32 Å². The van der Waals surface area contributed by atoms with Gasteiger partial charge in [0.1, 0.15) is 6.54 Å². The number of hydrogen-bond donors (Lipinski definition) is 1. The van der Waals surface area contributed by atoms with E-state index < -0.39 is 10.0 Å². The van der Waals surface area contributed by atoms with Gasteiger partial charge in [0.25, 0.3) is 10.0 Å². The molecule has 4 rings (SSSR count). The Balaban J connectivity index is 1.67. The Morgan fingerprint density at radius 2 is 1.70 bits per heavy atom. The van der Waals surface area contributed by atoms with Crippen molar-refractivity contribution in [1.29, 1.82) is 0 Å². The SMILES string of the molecule is COc1ccc(S(=O)(=O)N(CC(=O)N[C@@H]2C[C@H]3CC[C@@H]2C3)c2cc(C)cc(C)c2)cc1OC. The molecule has 8 heteroatoms. The highest BCUT2D eigenvalue weighted by Crippen LogP contribution is 2.44. The molecule has 2 fully saturated rings. The summed E-state index contributed by atoms with van der Waals surface area (Å²) in [4.78, 5) is 13.1. The predicted octanol–water partition coefficient (Wildman–Crippen LogP) is 3.82. The average Bonchev–Trinajstić information content (AvgIpc) is 3.39. The number of methoxy groups -OCH3 is 2. The van der Waals surface area contributed by atoms with Gasteiger partial charge in [0.15, 0.2) is 11.5 Å². The average molecular weight is 473 g/mol. The summed E-state index contributed by atoms with van der Waals surface area (Å²) in [5, 5.41) is 3.11. The summed E-state index contributed by atoms with van der Waals surface area (Å²) in [6, 6.07) is 10.1. The Morgan fingerprint density at radius 3 is 2.27 bits per heavy atom. The Kier molecular flexibility index (Phi) is 6.56. The second kappa shape index (κ2) is 9.25. The zero-order valence-electron chi connectivity index (χ0n) is 19.6. The van der Waals surface area contributed by atoms with Crippen LogP contribution in [0.4, 0.5) is 5.69 Å². The zero-order valence-corrected chi connectivity index (χ0v) is 20.4. The van der Waals surface area contributed by atoms with Crippen molar-refractivity contribution in [2.75, 3.05) is 25.1 Å². The van der Waals surface area contributed by atoms with Gasteiger partial charge in [-0.25, -0.2) is 8.42 Å². The number of rotatable bonds is 8. The molecule has 7 nitrogen and oxygen atoms in total. The Hall–Kier alpha value is -2.74. The lowest BCUT2D eigenvalue weighted by Crippen LogP contribution is -2.46. The highest BCUT2D eigenvalue weighted by molar-refractivity contribution is 7.92. The molecule has 178 valence electrons. The van der Waals surface area contributed by atoms with E-state index in [0.29, 0.717) is 29.0 Å². The first-order chi connectivity index (χ1) is 15.7. The van der Waals surface area contributed by atoms with Crippen LogP contribution in [0.5, 0.6) is 11.5 Å². The lowest BCUT2D eigenvalue weighted by Gasteiger charge is -2.28. The third-order valence-electron chi connectivity index (χ3n) is 6.81. The summed E-state index contributed by atoms with van der Waals surface area (Å²) in [7, 11) is -1.10. The molecule has 2 aromatic carbocycles. The fraction of sp³-hybridized carbons (Fsp3) is 0.480. The molecule has 3 atom stereocenters. The summed E-state index contributed by atoms with van der Waals surface area (Å²) in [5.41, 5.74) is 2.31. The summed E-state index contributed by atoms with van der Waals surface area (Å²) < 4.78 is 39.3. The van der Waals surface area contributed by atoms with Gasteiger partial charge in [-0.1, -0.05) is 12.5 Å². The fourth-order valence-corrected chi connectivity index (χ4v) is 6.74. The number of aryl methyl sites for hydroxylation is 2. The minimum atomic E-state index is -4.05. The molecular formula is C25H32N2O5S. The van der Waals surface area contributed by atoms with Crippen molar-refractivity contribution in [2.24, 2.45) is 11.8 Å². The van der Waals surface area contributed by atoms with Gasteiger partial charge in [-0.05, 0) is 80.3 Å². The summed E-state index contributed by atoms with van der Waals surface area (Å²) >= 11 is 0. The third-order valence-corrected chi connectivity index (χ3v) is 8.58. The largest absolute Gasteiger partial charge is 0.493 e. The number of anilines is 1. The third kappa shape index (κ3) is 4.81. The van der Waals surface area contributed by atoms with E-state index in [1.807, 2.05) is 19.9 Å². The number of benzene rings is 2. The van der Waals surface area contributed by atoms with Gasteiger partial charge in [0.2, 0.25) is 5.91 Å². The Labute approximate surface area is 196 Å². The van der Waals surface area contributed by atoms with Crippen LogP contribution >= 0.6 is 0 Å². The van der Waals surface area contributed by atoms with E-state index in [1.54, 1.807) is 18.2 Å². The molecule has 0 saturated heterocycles. The number of carbonyl (C=O) groups excluding carboxylic acids is 1. The maximum atomic E-state index is 13.8. The van der Waals surface area contributed by atoms with Gasteiger partial charge in [0.05, 0.1) is 24.8 Å². The monoisotopic (exact) mass is 472 g/mol. The molecule has 2 aliphatic carbocycles. The molecular weight excluding hydrogens is 440 g/mol. The van der Waals surface area contributed by atoms with Crippen LogP contribution < -0.4 is 19.1 Å². The molecule has 2 saturated carbocycles. The molecule has 1 amide bonds. The molecule has 0 aliphatic heterocycles. The van der Waals surface area contributed by atoms with Crippen LogP contribution in [0.1, 0.15) is 36.8 Å². The minimum Gasteiger partial charge on any atom is -0.493 e. The molecule has 0 radical (unpaired) electrons. The number of carbonyl (C=O) groups is 1. The number of ether oxygens (including phenoxy) is 2. The number of amides is 1. The van der Waals surface area contributed by atoms with E-state index in [1.165, 1.54) is 37.1 Å². The van der Waals surface area contributed by atoms with Crippen LogP contribution in [0.2, 0.25) is 0 Å². The van der Waals surface area contributed by atoms with E-state index in [4.69, 9.17) is 9.47 Å². The van der Waals surface area contributed by atoms with Crippen LogP contribution in [0.25, 0.3) is 0 Å². The topological polar surface area (TPSA) is 84.9 Å². The summed E-state index contributed by atoms with van der Waals surface area (Å²) in [6.07, 6.45) is 4.53. The van der Waals surface area contributed by atoms with Crippen LogP contribution in [0, 0.1) is 25.7 Å². The maximum absolute atomic E-state index is 13.8. The molecule has 1 N–H and O–H groups in total.